The zero-order valence-corrected chi connectivity index (χ0v) is 13.1. The van der Waals surface area contributed by atoms with Crippen molar-refractivity contribution in [2.75, 3.05) is 13.1 Å². The first-order valence-electron chi connectivity index (χ1n) is 7.64. The third kappa shape index (κ3) is 3.39. The van der Waals surface area contributed by atoms with Crippen molar-refractivity contribution in [1.29, 1.82) is 0 Å². The summed E-state index contributed by atoms with van der Waals surface area (Å²) in [6.45, 7) is 4.39. The number of nitrogens with two attached hydrogens (primary N) is 1. The van der Waals surface area contributed by atoms with Gasteiger partial charge in [0.25, 0.3) is 0 Å². The largest absolute Gasteiger partial charge is 0.369 e. The second-order valence-electron chi connectivity index (χ2n) is 6.33. The first kappa shape index (κ1) is 15.6. The van der Waals surface area contributed by atoms with Crippen molar-refractivity contribution in [1.82, 2.24) is 19.7 Å². The third-order valence-corrected chi connectivity index (χ3v) is 4.56. The Balaban J connectivity index is 1.60. The summed E-state index contributed by atoms with van der Waals surface area (Å²) in [6.07, 6.45) is 5.77. The van der Waals surface area contributed by atoms with Crippen LogP contribution < -0.4 is 5.73 Å². The number of aromatic nitrogens is 3. The van der Waals surface area contributed by atoms with Crippen molar-refractivity contribution in [3.63, 3.8) is 0 Å². The van der Waals surface area contributed by atoms with Crippen molar-refractivity contribution in [2.24, 2.45) is 11.1 Å². The van der Waals surface area contributed by atoms with Gasteiger partial charge in [0.05, 0.1) is 12.4 Å². The molecule has 2 aromatic heterocycles. The number of primary amides is 1. The third-order valence-electron chi connectivity index (χ3n) is 4.56. The van der Waals surface area contributed by atoms with E-state index >= 15 is 0 Å². The molecule has 0 aliphatic carbocycles. The van der Waals surface area contributed by atoms with Crippen molar-refractivity contribution < 1.29 is 9.18 Å². The summed E-state index contributed by atoms with van der Waals surface area (Å²) < 4.78 is 14.4. The number of carbonyl (C=O) groups is 1. The fourth-order valence-electron chi connectivity index (χ4n) is 2.78. The van der Waals surface area contributed by atoms with E-state index in [0.717, 1.165) is 44.2 Å². The maximum atomic E-state index is 13.0. The van der Waals surface area contributed by atoms with Gasteiger partial charge in [0.1, 0.15) is 0 Å². The summed E-state index contributed by atoms with van der Waals surface area (Å²) in [5.74, 6) is -0.0195. The van der Waals surface area contributed by atoms with Crippen LogP contribution in [0.4, 0.5) is 4.39 Å². The summed E-state index contributed by atoms with van der Waals surface area (Å²) in [5.41, 5.74) is 6.16. The van der Waals surface area contributed by atoms with Crippen LogP contribution in [0.15, 0.2) is 30.7 Å². The molecule has 0 bridgehead atoms. The van der Waals surface area contributed by atoms with Crippen LogP contribution in [-0.4, -0.2) is 38.7 Å². The Bertz CT molecular complexity index is 689. The number of hydrogen-bond acceptors (Lipinski definition) is 4. The Hall–Kier alpha value is -2.28. The molecule has 0 saturated carbocycles. The van der Waals surface area contributed by atoms with E-state index in [1.54, 1.807) is 6.20 Å². The lowest BCUT2D eigenvalue weighted by Crippen LogP contribution is -2.45. The van der Waals surface area contributed by atoms with Gasteiger partial charge in [-0.15, -0.1) is 0 Å². The SMILES string of the molecule is CC1(C(N)=O)CCN(Cc2ccc(-n3cc(F)cn3)nc2)CC1. The van der Waals surface area contributed by atoms with E-state index < -0.39 is 0 Å². The van der Waals surface area contributed by atoms with Gasteiger partial charge in [0.15, 0.2) is 11.6 Å². The van der Waals surface area contributed by atoms with Crippen LogP contribution in [0, 0.1) is 11.2 Å². The summed E-state index contributed by atoms with van der Waals surface area (Å²) in [5, 5.41) is 3.89. The van der Waals surface area contributed by atoms with Gasteiger partial charge >= 0.3 is 0 Å². The van der Waals surface area contributed by atoms with Crippen molar-refractivity contribution >= 4 is 5.91 Å². The van der Waals surface area contributed by atoms with Gasteiger partial charge in [-0.1, -0.05) is 13.0 Å². The minimum Gasteiger partial charge on any atom is -0.369 e. The zero-order chi connectivity index (χ0) is 16.4. The highest BCUT2D eigenvalue weighted by Gasteiger charge is 2.35. The smallest absolute Gasteiger partial charge is 0.223 e. The summed E-state index contributed by atoms with van der Waals surface area (Å²) in [4.78, 5) is 18.1. The highest BCUT2D eigenvalue weighted by Crippen LogP contribution is 2.30. The van der Waals surface area contributed by atoms with E-state index in [9.17, 15) is 9.18 Å². The predicted octanol–water partition coefficient (Wildman–Crippen LogP) is 1.49. The van der Waals surface area contributed by atoms with E-state index in [2.05, 4.69) is 15.0 Å². The van der Waals surface area contributed by atoms with Crippen LogP contribution in [0.3, 0.4) is 0 Å². The molecule has 0 radical (unpaired) electrons. The Morgan fingerprint density at radius 1 is 1.35 bits per heavy atom. The molecule has 0 unspecified atom stereocenters. The topological polar surface area (TPSA) is 77.0 Å². The number of hydrogen-bond donors (Lipinski definition) is 1. The molecule has 2 N–H and O–H groups in total. The van der Waals surface area contributed by atoms with Crippen LogP contribution in [0.1, 0.15) is 25.3 Å². The molecule has 1 fully saturated rings. The lowest BCUT2D eigenvalue weighted by molar-refractivity contribution is -0.129. The molecule has 0 aromatic carbocycles. The molecule has 1 aliphatic heterocycles. The second kappa shape index (κ2) is 6.08. The van der Waals surface area contributed by atoms with Gasteiger partial charge < -0.3 is 5.73 Å². The molecule has 1 saturated heterocycles. The minimum atomic E-state index is -0.387. The molecule has 122 valence electrons. The number of pyridine rings is 1. The molecule has 0 atom stereocenters. The fraction of sp³-hybridized carbons (Fsp3) is 0.438. The Morgan fingerprint density at radius 2 is 2.09 bits per heavy atom. The molecule has 6 nitrogen and oxygen atoms in total. The standard InChI is InChI=1S/C16H20FN5O/c1-16(15(18)23)4-6-21(7-5-16)10-12-2-3-14(19-8-12)22-11-13(17)9-20-22/h2-3,8-9,11H,4-7,10H2,1H3,(H2,18,23). The molecular weight excluding hydrogens is 297 g/mol. The average Bonchev–Trinajstić information content (AvgIpc) is 2.97. The maximum Gasteiger partial charge on any atom is 0.223 e. The second-order valence-corrected chi connectivity index (χ2v) is 6.33. The first-order valence-corrected chi connectivity index (χ1v) is 7.64. The van der Waals surface area contributed by atoms with Crippen LogP contribution in [0.5, 0.6) is 0 Å². The Morgan fingerprint density at radius 3 is 2.61 bits per heavy atom. The molecule has 7 heteroatoms. The van der Waals surface area contributed by atoms with Crippen LogP contribution in [0.2, 0.25) is 0 Å². The number of piperidine rings is 1. The number of amides is 1. The summed E-state index contributed by atoms with van der Waals surface area (Å²) >= 11 is 0. The van der Waals surface area contributed by atoms with E-state index in [1.807, 2.05) is 19.1 Å². The molecule has 23 heavy (non-hydrogen) atoms. The van der Waals surface area contributed by atoms with Gasteiger partial charge in [-0.3, -0.25) is 9.69 Å². The van der Waals surface area contributed by atoms with Crippen molar-refractivity contribution in [3.05, 3.63) is 42.1 Å². The fourth-order valence-corrected chi connectivity index (χ4v) is 2.78. The van der Waals surface area contributed by atoms with E-state index in [-0.39, 0.29) is 17.1 Å². The summed E-state index contributed by atoms with van der Waals surface area (Å²) in [6, 6.07) is 3.78. The molecule has 0 spiro atoms. The number of likely N-dealkylation sites (tertiary alicyclic amines) is 1. The predicted molar refractivity (Wildman–Crippen MR) is 83.1 cm³/mol. The van der Waals surface area contributed by atoms with E-state index in [0.29, 0.717) is 5.82 Å². The van der Waals surface area contributed by atoms with Gasteiger partial charge in [-0.2, -0.15) is 5.10 Å². The van der Waals surface area contributed by atoms with Gasteiger partial charge in [0.2, 0.25) is 5.91 Å². The highest BCUT2D eigenvalue weighted by atomic mass is 19.1. The Kier molecular flexibility index (Phi) is 4.12. The number of rotatable bonds is 4. The number of nitrogens with zero attached hydrogens (tertiary/aromatic N) is 4. The molecule has 3 rings (SSSR count). The minimum absolute atomic E-state index is 0.213. The number of carbonyl (C=O) groups excluding carboxylic acids is 1. The maximum absolute atomic E-state index is 13.0. The van der Waals surface area contributed by atoms with Crippen molar-refractivity contribution in [3.8, 4) is 5.82 Å². The average molecular weight is 317 g/mol. The molecule has 2 aromatic rings. The van der Waals surface area contributed by atoms with E-state index in [1.165, 1.54) is 10.9 Å². The van der Waals surface area contributed by atoms with Gasteiger partial charge in [-0.25, -0.2) is 14.1 Å². The normalized spacial score (nSPS) is 18.0. The van der Waals surface area contributed by atoms with Crippen LogP contribution in [0.25, 0.3) is 5.82 Å². The van der Waals surface area contributed by atoms with Crippen LogP contribution >= 0.6 is 0 Å². The van der Waals surface area contributed by atoms with Gasteiger partial charge in [-0.05, 0) is 37.6 Å². The highest BCUT2D eigenvalue weighted by molar-refractivity contribution is 5.80. The lowest BCUT2D eigenvalue weighted by atomic mass is 9.80. The Labute approximate surface area is 134 Å². The van der Waals surface area contributed by atoms with E-state index in [4.69, 9.17) is 5.73 Å². The zero-order valence-electron chi connectivity index (χ0n) is 13.1. The quantitative estimate of drug-likeness (QED) is 0.927. The molecule has 1 amide bonds. The first-order chi connectivity index (χ1) is 11.0. The summed E-state index contributed by atoms with van der Waals surface area (Å²) in [7, 11) is 0. The molecule has 3 heterocycles. The lowest BCUT2D eigenvalue weighted by Gasteiger charge is -2.37. The van der Waals surface area contributed by atoms with Gasteiger partial charge in [0, 0.05) is 18.2 Å². The molecule has 1 aliphatic rings. The monoisotopic (exact) mass is 317 g/mol. The van der Waals surface area contributed by atoms with Crippen LogP contribution in [-0.2, 0) is 11.3 Å². The molecular formula is C16H20FN5O. The van der Waals surface area contributed by atoms with Crippen molar-refractivity contribution in [2.45, 2.75) is 26.3 Å². The number of halogens is 1.